The van der Waals surface area contributed by atoms with E-state index in [2.05, 4.69) is 27.7 Å². The minimum atomic E-state index is -0.414. The van der Waals surface area contributed by atoms with Crippen molar-refractivity contribution in [1.82, 2.24) is 20.8 Å². The van der Waals surface area contributed by atoms with Crippen LogP contribution in [0.4, 0.5) is 0 Å². The number of piperidine rings is 1. The molecule has 1 unspecified atom stereocenters. The van der Waals surface area contributed by atoms with Gasteiger partial charge in [-0.3, -0.25) is 4.79 Å². The van der Waals surface area contributed by atoms with Gasteiger partial charge in [0.1, 0.15) is 5.54 Å². The van der Waals surface area contributed by atoms with E-state index in [9.17, 15) is 4.79 Å². The van der Waals surface area contributed by atoms with E-state index in [4.69, 9.17) is 4.52 Å². The molecule has 0 aromatic carbocycles. The number of nitrogens with one attached hydrogen (secondary N) is 2. The maximum Gasteiger partial charge on any atom is 0.223 e. The fraction of sp³-hybridized carbons (Fsp3) is 0.824. The van der Waals surface area contributed by atoms with Crippen LogP contribution >= 0.6 is 12.4 Å². The molecule has 1 saturated heterocycles. The quantitative estimate of drug-likeness (QED) is 0.847. The second kappa shape index (κ2) is 8.30. The molecule has 1 saturated carbocycles. The number of rotatable bonds is 5. The number of nitrogens with zero attached hydrogens (tertiary/aromatic N) is 2. The van der Waals surface area contributed by atoms with Crippen LogP contribution in [0.25, 0.3) is 0 Å². The Morgan fingerprint density at radius 2 is 2.04 bits per heavy atom. The molecule has 2 aliphatic rings. The summed E-state index contributed by atoms with van der Waals surface area (Å²) in [5.41, 5.74) is -0.414. The standard InChI is InChI=1S/C17H28N4O2.ClH/c1-12(14-5-9-18-10-6-14)11-15(22)20-17(7-3-4-8-17)16-19-13(2)23-21-16;/h12,14,18H,3-11H2,1-2H3,(H,20,22);1H. The molecule has 136 valence electrons. The highest BCUT2D eigenvalue weighted by atomic mass is 35.5. The van der Waals surface area contributed by atoms with Gasteiger partial charge in [0.25, 0.3) is 0 Å². The van der Waals surface area contributed by atoms with Crippen molar-refractivity contribution < 1.29 is 9.32 Å². The van der Waals surface area contributed by atoms with Gasteiger partial charge in [-0.15, -0.1) is 12.4 Å². The number of carbonyl (C=O) groups is 1. The molecule has 7 heteroatoms. The third-order valence-corrected chi connectivity index (χ3v) is 5.49. The molecule has 2 N–H and O–H groups in total. The molecule has 1 aromatic heterocycles. The minimum absolute atomic E-state index is 0. The third kappa shape index (κ3) is 4.28. The van der Waals surface area contributed by atoms with E-state index in [1.807, 2.05) is 0 Å². The van der Waals surface area contributed by atoms with Gasteiger partial charge in [-0.25, -0.2) is 0 Å². The van der Waals surface area contributed by atoms with Crippen molar-refractivity contribution in [2.45, 2.75) is 64.3 Å². The number of carbonyl (C=O) groups excluding carboxylic acids is 1. The van der Waals surface area contributed by atoms with Crippen LogP contribution in [0, 0.1) is 18.8 Å². The van der Waals surface area contributed by atoms with Crippen molar-refractivity contribution in [3.63, 3.8) is 0 Å². The summed E-state index contributed by atoms with van der Waals surface area (Å²) in [6.45, 7) is 6.14. The maximum absolute atomic E-state index is 12.6. The zero-order chi connectivity index (χ0) is 16.3. The summed E-state index contributed by atoms with van der Waals surface area (Å²) in [6.07, 6.45) is 6.92. The SMILES string of the molecule is Cc1nc(C2(NC(=O)CC(C)C3CCNCC3)CCCC2)no1.Cl. The van der Waals surface area contributed by atoms with Gasteiger partial charge < -0.3 is 15.2 Å². The van der Waals surface area contributed by atoms with Gasteiger partial charge in [0, 0.05) is 13.3 Å². The van der Waals surface area contributed by atoms with Crippen LogP contribution in [0.3, 0.4) is 0 Å². The lowest BCUT2D eigenvalue weighted by Gasteiger charge is -2.30. The van der Waals surface area contributed by atoms with Gasteiger partial charge in [-0.2, -0.15) is 4.98 Å². The number of aromatic nitrogens is 2. The Bertz CT molecular complexity index is 536. The van der Waals surface area contributed by atoms with Crippen molar-refractivity contribution in [3.05, 3.63) is 11.7 Å². The van der Waals surface area contributed by atoms with Crippen LogP contribution in [0.2, 0.25) is 0 Å². The van der Waals surface area contributed by atoms with Gasteiger partial charge in [0.05, 0.1) is 0 Å². The van der Waals surface area contributed by atoms with Crippen molar-refractivity contribution in [2.24, 2.45) is 11.8 Å². The average Bonchev–Trinajstić information content (AvgIpc) is 3.18. The Morgan fingerprint density at radius 3 is 2.62 bits per heavy atom. The Hall–Kier alpha value is -1.14. The Balaban J connectivity index is 0.00000208. The lowest BCUT2D eigenvalue weighted by atomic mass is 9.83. The van der Waals surface area contributed by atoms with Gasteiger partial charge in [-0.1, -0.05) is 24.9 Å². The fourth-order valence-electron chi connectivity index (χ4n) is 4.07. The van der Waals surface area contributed by atoms with E-state index in [1.54, 1.807) is 6.92 Å². The molecule has 2 fully saturated rings. The highest BCUT2D eigenvalue weighted by Crippen LogP contribution is 2.37. The highest BCUT2D eigenvalue weighted by molar-refractivity contribution is 5.85. The lowest BCUT2D eigenvalue weighted by Crippen LogP contribution is -2.45. The number of amides is 1. The molecule has 1 aliphatic carbocycles. The van der Waals surface area contributed by atoms with Crippen molar-refractivity contribution in [2.75, 3.05) is 13.1 Å². The molecule has 0 bridgehead atoms. The summed E-state index contributed by atoms with van der Waals surface area (Å²) in [4.78, 5) is 17.0. The zero-order valence-electron chi connectivity index (χ0n) is 14.6. The van der Waals surface area contributed by atoms with Crippen LogP contribution < -0.4 is 10.6 Å². The van der Waals surface area contributed by atoms with E-state index in [-0.39, 0.29) is 18.3 Å². The van der Waals surface area contributed by atoms with E-state index in [0.29, 0.717) is 30.0 Å². The first-order valence-corrected chi connectivity index (χ1v) is 8.91. The first kappa shape index (κ1) is 19.2. The number of aryl methyl sites for hydroxylation is 1. The normalized spacial score (nSPS) is 21.9. The molecule has 2 heterocycles. The van der Waals surface area contributed by atoms with E-state index >= 15 is 0 Å². The van der Waals surface area contributed by atoms with E-state index in [0.717, 1.165) is 38.8 Å². The second-order valence-electron chi connectivity index (χ2n) is 7.24. The van der Waals surface area contributed by atoms with Gasteiger partial charge >= 0.3 is 0 Å². The predicted molar refractivity (Wildman–Crippen MR) is 93.9 cm³/mol. The van der Waals surface area contributed by atoms with Crippen molar-refractivity contribution in [1.29, 1.82) is 0 Å². The van der Waals surface area contributed by atoms with E-state index in [1.165, 1.54) is 12.8 Å². The van der Waals surface area contributed by atoms with E-state index < -0.39 is 5.54 Å². The minimum Gasteiger partial charge on any atom is -0.343 e. The molecule has 3 rings (SSSR count). The molecule has 24 heavy (non-hydrogen) atoms. The molecule has 1 aliphatic heterocycles. The lowest BCUT2D eigenvalue weighted by molar-refractivity contribution is -0.124. The molecular weight excluding hydrogens is 328 g/mol. The predicted octanol–water partition coefficient (Wildman–Crippen LogP) is 2.71. The summed E-state index contributed by atoms with van der Waals surface area (Å²) >= 11 is 0. The molecule has 0 radical (unpaired) electrons. The van der Waals surface area contributed by atoms with Crippen LogP contribution in [-0.2, 0) is 10.3 Å². The topological polar surface area (TPSA) is 80.0 Å². The first-order chi connectivity index (χ1) is 11.1. The summed E-state index contributed by atoms with van der Waals surface area (Å²) in [5, 5.41) is 10.7. The molecule has 6 nitrogen and oxygen atoms in total. The van der Waals surface area contributed by atoms with Crippen molar-refractivity contribution in [3.8, 4) is 0 Å². The first-order valence-electron chi connectivity index (χ1n) is 8.91. The maximum atomic E-state index is 12.6. The molecule has 1 aromatic rings. The molecular formula is C17H29ClN4O2. The number of hydrogen-bond donors (Lipinski definition) is 2. The zero-order valence-corrected chi connectivity index (χ0v) is 15.5. The fourth-order valence-corrected chi connectivity index (χ4v) is 4.07. The Morgan fingerprint density at radius 1 is 1.38 bits per heavy atom. The molecule has 0 spiro atoms. The van der Waals surface area contributed by atoms with Gasteiger partial charge in [0.15, 0.2) is 5.82 Å². The van der Waals surface area contributed by atoms with Crippen molar-refractivity contribution >= 4 is 18.3 Å². The Kier molecular flexibility index (Phi) is 6.63. The average molecular weight is 357 g/mol. The van der Waals surface area contributed by atoms with Crippen LogP contribution in [-0.4, -0.2) is 29.1 Å². The van der Waals surface area contributed by atoms with Gasteiger partial charge in [0.2, 0.25) is 11.8 Å². The number of hydrogen-bond acceptors (Lipinski definition) is 5. The summed E-state index contributed by atoms with van der Waals surface area (Å²) in [6, 6.07) is 0. The monoisotopic (exact) mass is 356 g/mol. The Labute approximate surface area is 149 Å². The van der Waals surface area contributed by atoms with Crippen LogP contribution in [0.15, 0.2) is 4.52 Å². The van der Waals surface area contributed by atoms with Crippen LogP contribution in [0.5, 0.6) is 0 Å². The van der Waals surface area contributed by atoms with Crippen LogP contribution in [0.1, 0.15) is 63.6 Å². The summed E-state index contributed by atoms with van der Waals surface area (Å²) in [7, 11) is 0. The largest absolute Gasteiger partial charge is 0.343 e. The second-order valence-corrected chi connectivity index (χ2v) is 7.24. The molecule has 1 amide bonds. The summed E-state index contributed by atoms with van der Waals surface area (Å²) < 4.78 is 5.14. The highest BCUT2D eigenvalue weighted by Gasteiger charge is 2.41. The van der Waals surface area contributed by atoms with Gasteiger partial charge in [-0.05, 0) is 50.6 Å². The third-order valence-electron chi connectivity index (χ3n) is 5.49. The smallest absolute Gasteiger partial charge is 0.223 e. The summed E-state index contributed by atoms with van der Waals surface area (Å²) in [5.74, 6) is 2.40. The molecule has 1 atom stereocenters. The number of halogens is 1.